The summed E-state index contributed by atoms with van der Waals surface area (Å²) in [5.74, 6) is -0.439. The minimum Gasteiger partial charge on any atom is -0.465 e. The Hall–Kier alpha value is -4.44. The molecule has 0 saturated heterocycles. The average molecular weight is 633 g/mol. The Bertz CT molecular complexity index is 1420. The van der Waals surface area contributed by atoms with Gasteiger partial charge in [0.25, 0.3) is 0 Å². The van der Waals surface area contributed by atoms with Crippen molar-refractivity contribution >= 4 is 18.1 Å². The van der Waals surface area contributed by atoms with Gasteiger partial charge in [-0.15, -0.1) is 0 Å². The van der Waals surface area contributed by atoms with E-state index in [2.05, 4.69) is 15.6 Å². The number of hydrogen-bond acceptors (Lipinski definition) is 6. The molecule has 10 nitrogen and oxygen atoms in total. The average Bonchev–Trinajstić information content (AvgIpc) is 2.99. The summed E-state index contributed by atoms with van der Waals surface area (Å²) in [7, 11) is 1.23. The molecule has 248 valence electrons. The van der Waals surface area contributed by atoms with Gasteiger partial charge in [0.15, 0.2) is 0 Å². The third-order valence-electron chi connectivity index (χ3n) is 7.84. The molecule has 1 heterocycles. The smallest absolute Gasteiger partial charge is 0.408 e. The summed E-state index contributed by atoms with van der Waals surface area (Å²) in [6, 6.07) is 20.6. The van der Waals surface area contributed by atoms with Crippen molar-refractivity contribution in [2.45, 2.75) is 90.6 Å². The summed E-state index contributed by atoms with van der Waals surface area (Å²) < 4.78 is 4.77. The van der Waals surface area contributed by atoms with E-state index in [1.54, 1.807) is 27.0 Å². The Balaban J connectivity index is 1.97. The van der Waals surface area contributed by atoms with E-state index in [9.17, 15) is 24.6 Å². The van der Waals surface area contributed by atoms with Crippen LogP contribution in [0.2, 0.25) is 0 Å². The van der Waals surface area contributed by atoms with Gasteiger partial charge in [-0.1, -0.05) is 81.4 Å². The third-order valence-corrected chi connectivity index (χ3v) is 7.84. The van der Waals surface area contributed by atoms with Crippen molar-refractivity contribution in [1.29, 1.82) is 0 Å². The normalized spacial score (nSPS) is 14.3. The number of rotatable bonds is 12. The first-order valence-corrected chi connectivity index (χ1v) is 15.5. The predicted molar refractivity (Wildman–Crippen MR) is 178 cm³/mol. The molecule has 3 amide bonds. The van der Waals surface area contributed by atoms with Crippen LogP contribution in [0, 0.1) is 5.41 Å². The summed E-state index contributed by atoms with van der Waals surface area (Å²) in [6.07, 6.45) is -0.611. The Morgan fingerprint density at radius 1 is 0.848 bits per heavy atom. The van der Waals surface area contributed by atoms with E-state index in [-0.39, 0.29) is 12.8 Å². The molecule has 0 fully saturated rings. The van der Waals surface area contributed by atoms with E-state index < -0.39 is 53.3 Å². The molecule has 0 aliphatic rings. The second kappa shape index (κ2) is 15.7. The minimum atomic E-state index is -1.15. The molecule has 0 unspecified atom stereocenters. The summed E-state index contributed by atoms with van der Waals surface area (Å²) in [4.78, 5) is 44.2. The standard InChI is InChI=1S/C36H48N4O6/c1-35(2,3)31(39-33(43)46-7)32(42)38-27(21-25-16-18-26(19-17-25)28-15-11-12-20-37-28)23-30(41)29(22-24-13-9-8-10-14-24)40(34(44)45)36(4,5)6/h8-20,27,29-31,41H,21-23H2,1-7H3,(H,38,42)(H,39,43)(H,44,45)/t27-,29+,30-,31-/m1/s1. The molecule has 1 aromatic heterocycles. The molecule has 0 aliphatic heterocycles. The maximum Gasteiger partial charge on any atom is 0.408 e. The molecule has 2 aromatic carbocycles. The number of methoxy groups -OCH3 is 1. The van der Waals surface area contributed by atoms with Crippen LogP contribution < -0.4 is 10.6 Å². The number of carbonyl (C=O) groups is 3. The molecular formula is C36H48N4O6. The van der Waals surface area contributed by atoms with Crippen molar-refractivity contribution in [3.63, 3.8) is 0 Å². The maximum atomic E-state index is 13.7. The highest BCUT2D eigenvalue weighted by Crippen LogP contribution is 2.26. The molecule has 10 heteroatoms. The van der Waals surface area contributed by atoms with Crippen molar-refractivity contribution in [2.24, 2.45) is 5.41 Å². The van der Waals surface area contributed by atoms with E-state index in [1.165, 1.54) is 12.0 Å². The number of pyridine rings is 1. The fraction of sp³-hybridized carbons (Fsp3) is 0.444. The van der Waals surface area contributed by atoms with Gasteiger partial charge in [-0.05, 0) is 68.7 Å². The first-order valence-electron chi connectivity index (χ1n) is 15.5. The van der Waals surface area contributed by atoms with Crippen LogP contribution in [0.1, 0.15) is 59.1 Å². The van der Waals surface area contributed by atoms with Gasteiger partial charge in [0.1, 0.15) is 6.04 Å². The quantitative estimate of drug-likeness (QED) is 0.201. The molecule has 4 atom stereocenters. The number of nitrogens with one attached hydrogen (secondary N) is 2. The molecule has 46 heavy (non-hydrogen) atoms. The number of benzene rings is 2. The Morgan fingerprint density at radius 3 is 1.98 bits per heavy atom. The molecule has 0 spiro atoms. The lowest BCUT2D eigenvalue weighted by Crippen LogP contribution is -2.59. The maximum absolute atomic E-state index is 13.7. The summed E-state index contributed by atoms with van der Waals surface area (Å²) in [5.41, 5.74) is 2.07. The van der Waals surface area contributed by atoms with Gasteiger partial charge in [-0.25, -0.2) is 9.59 Å². The first kappa shape index (κ1) is 36.0. The molecule has 3 rings (SSSR count). The number of nitrogens with zero attached hydrogens (tertiary/aromatic N) is 2. The monoisotopic (exact) mass is 632 g/mol. The Kier molecular flexibility index (Phi) is 12.3. The second-order valence-electron chi connectivity index (χ2n) is 13.6. The predicted octanol–water partition coefficient (Wildman–Crippen LogP) is 5.69. The number of alkyl carbamates (subject to hydrolysis) is 1. The van der Waals surface area contributed by atoms with Gasteiger partial charge in [0.05, 0.1) is 24.9 Å². The number of aliphatic hydroxyl groups is 1. The zero-order valence-corrected chi connectivity index (χ0v) is 27.9. The third kappa shape index (κ3) is 10.3. The van der Waals surface area contributed by atoms with E-state index in [4.69, 9.17) is 4.74 Å². The SMILES string of the molecule is COC(=O)N[C@H](C(=O)N[C@H](Cc1ccc(-c2ccccn2)cc1)C[C@@H](O)[C@H](Cc1ccccc1)N(C(=O)O)C(C)(C)C)C(C)(C)C. The lowest BCUT2D eigenvalue weighted by atomic mass is 9.85. The molecule has 4 N–H and O–H groups in total. The van der Waals surface area contributed by atoms with Crippen molar-refractivity contribution < 1.29 is 29.3 Å². The van der Waals surface area contributed by atoms with Crippen LogP contribution in [0.3, 0.4) is 0 Å². The lowest BCUT2D eigenvalue weighted by Gasteiger charge is -2.42. The minimum absolute atomic E-state index is 0.0557. The van der Waals surface area contributed by atoms with Crippen LogP contribution in [0.5, 0.6) is 0 Å². The van der Waals surface area contributed by atoms with Crippen molar-refractivity contribution in [2.75, 3.05) is 7.11 Å². The fourth-order valence-electron chi connectivity index (χ4n) is 5.59. The second-order valence-corrected chi connectivity index (χ2v) is 13.6. The van der Waals surface area contributed by atoms with Crippen LogP contribution in [-0.4, -0.2) is 75.1 Å². The highest BCUT2D eigenvalue weighted by molar-refractivity contribution is 5.86. The van der Waals surface area contributed by atoms with Gasteiger partial charge >= 0.3 is 12.2 Å². The molecule has 0 bridgehead atoms. The van der Waals surface area contributed by atoms with Crippen LogP contribution in [0.15, 0.2) is 79.0 Å². The Morgan fingerprint density at radius 2 is 1.46 bits per heavy atom. The topological polar surface area (TPSA) is 141 Å². The summed E-state index contributed by atoms with van der Waals surface area (Å²) in [6.45, 7) is 10.9. The van der Waals surface area contributed by atoms with Gasteiger partial charge in [0.2, 0.25) is 5.91 Å². The first-order chi connectivity index (χ1) is 21.6. The van der Waals surface area contributed by atoms with E-state index in [0.717, 1.165) is 22.4 Å². The molecular weight excluding hydrogens is 584 g/mol. The van der Waals surface area contributed by atoms with Crippen LogP contribution in [0.25, 0.3) is 11.3 Å². The highest BCUT2D eigenvalue weighted by atomic mass is 16.5. The highest BCUT2D eigenvalue weighted by Gasteiger charge is 2.39. The number of carboxylic acid groups (broad SMARTS) is 1. The van der Waals surface area contributed by atoms with Gasteiger partial charge < -0.3 is 25.6 Å². The van der Waals surface area contributed by atoms with E-state index in [1.807, 2.05) is 93.6 Å². The lowest BCUT2D eigenvalue weighted by molar-refractivity contribution is -0.126. The zero-order valence-electron chi connectivity index (χ0n) is 27.9. The largest absolute Gasteiger partial charge is 0.465 e. The van der Waals surface area contributed by atoms with Crippen molar-refractivity contribution in [1.82, 2.24) is 20.5 Å². The van der Waals surface area contributed by atoms with Gasteiger partial charge in [-0.3, -0.25) is 14.7 Å². The van der Waals surface area contributed by atoms with Crippen LogP contribution in [-0.2, 0) is 22.4 Å². The number of aromatic nitrogens is 1. The number of aliphatic hydroxyl groups excluding tert-OH is 1. The van der Waals surface area contributed by atoms with Crippen LogP contribution >= 0.6 is 0 Å². The van der Waals surface area contributed by atoms with E-state index >= 15 is 0 Å². The van der Waals surface area contributed by atoms with Crippen molar-refractivity contribution in [3.05, 3.63) is 90.1 Å². The fourth-order valence-corrected chi connectivity index (χ4v) is 5.59. The Labute approximate surface area is 272 Å². The number of ether oxygens (including phenoxy) is 1. The number of amides is 3. The van der Waals surface area contributed by atoms with E-state index in [0.29, 0.717) is 6.42 Å². The van der Waals surface area contributed by atoms with Crippen LogP contribution in [0.4, 0.5) is 9.59 Å². The number of hydrogen-bond donors (Lipinski definition) is 4. The number of carbonyl (C=O) groups excluding carboxylic acids is 2. The zero-order chi connectivity index (χ0) is 34.1. The molecule has 0 aliphatic carbocycles. The van der Waals surface area contributed by atoms with Gasteiger partial charge in [0, 0.05) is 23.3 Å². The summed E-state index contributed by atoms with van der Waals surface area (Å²) in [5, 5.41) is 27.8. The molecule has 0 saturated carbocycles. The molecule has 3 aromatic rings. The van der Waals surface area contributed by atoms with Crippen molar-refractivity contribution in [3.8, 4) is 11.3 Å². The molecule has 0 radical (unpaired) electrons. The summed E-state index contributed by atoms with van der Waals surface area (Å²) >= 11 is 0. The van der Waals surface area contributed by atoms with Gasteiger partial charge in [-0.2, -0.15) is 0 Å².